The molecule has 1 saturated carbocycles. The van der Waals surface area contributed by atoms with Crippen LogP contribution in [0.1, 0.15) is 44.1 Å². The molecule has 0 unspecified atom stereocenters. The van der Waals surface area contributed by atoms with Crippen molar-refractivity contribution in [1.82, 2.24) is 0 Å². The summed E-state index contributed by atoms with van der Waals surface area (Å²) in [6.45, 7) is 0. The van der Waals surface area contributed by atoms with Crippen LogP contribution in [-0.4, -0.2) is 5.54 Å². The predicted octanol–water partition coefficient (Wildman–Crippen LogP) is 3.89. The average molecular weight is 329 g/mol. The first-order valence-corrected chi connectivity index (χ1v) is 7.29. The molecule has 1 aliphatic carbocycles. The second kappa shape index (κ2) is 5.50. The lowest BCUT2D eigenvalue weighted by Gasteiger charge is -2.28. The summed E-state index contributed by atoms with van der Waals surface area (Å²) in [6, 6.07) is 8.80. The number of hydrogen-bond donors (Lipinski definition) is 1. The monoisotopic (exact) mass is 329 g/mol. The van der Waals surface area contributed by atoms with Gasteiger partial charge in [0.25, 0.3) is 0 Å². The summed E-state index contributed by atoms with van der Waals surface area (Å²) in [6.07, 6.45) is 8.78. The van der Waals surface area contributed by atoms with Crippen molar-refractivity contribution in [3.8, 4) is 0 Å². The van der Waals surface area contributed by atoms with Crippen LogP contribution < -0.4 is 5.73 Å². The van der Waals surface area contributed by atoms with E-state index < -0.39 is 0 Å². The lowest BCUT2D eigenvalue weighted by molar-refractivity contribution is 0.369. The van der Waals surface area contributed by atoms with Crippen molar-refractivity contribution in [3.63, 3.8) is 0 Å². The third-order valence-electron chi connectivity index (χ3n) is 3.57. The van der Waals surface area contributed by atoms with Crippen LogP contribution >= 0.6 is 22.6 Å². The molecule has 0 amide bonds. The summed E-state index contributed by atoms with van der Waals surface area (Å²) < 4.78 is 1.30. The first-order valence-electron chi connectivity index (χ1n) is 6.21. The number of halogens is 1. The van der Waals surface area contributed by atoms with Gasteiger partial charge in [0, 0.05) is 9.11 Å². The molecule has 0 aromatic heterocycles. The van der Waals surface area contributed by atoms with Gasteiger partial charge in [0.1, 0.15) is 0 Å². The van der Waals surface area contributed by atoms with Crippen LogP contribution in [0.3, 0.4) is 0 Å². The summed E-state index contributed by atoms with van der Waals surface area (Å²) in [5.74, 6) is 0. The molecular weight excluding hydrogens is 309 g/mol. The highest BCUT2D eigenvalue weighted by Gasteiger charge is 2.26. The molecule has 1 fully saturated rings. The normalized spacial score (nSPS) is 20.4. The molecular formula is C14H20IN. The van der Waals surface area contributed by atoms with Crippen molar-refractivity contribution >= 4 is 22.6 Å². The van der Waals surface area contributed by atoms with Gasteiger partial charge in [-0.15, -0.1) is 0 Å². The summed E-state index contributed by atoms with van der Waals surface area (Å²) in [4.78, 5) is 0. The molecule has 1 nitrogen and oxygen atoms in total. The SMILES string of the molecule is NC1(Cc2ccc(I)cc2)CCCCCC1. The Labute approximate surface area is 112 Å². The van der Waals surface area contributed by atoms with E-state index in [2.05, 4.69) is 46.9 Å². The van der Waals surface area contributed by atoms with Crippen molar-refractivity contribution < 1.29 is 0 Å². The van der Waals surface area contributed by atoms with Crippen molar-refractivity contribution in [2.45, 2.75) is 50.5 Å². The van der Waals surface area contributed by atoms with Crippen LogP contribution in [0.15, 0.2) is 24.3 Å². The van der Waals surface area contributed by atoms with Gasteiger partial charge in [0.2, 0.25) is 0 Å². The molecule has 0 bridgehead atoms. The van der Waals surface area contributed by atoms with Crippen LogP contribution in [0.5, 0.6) is 0 Å². The van der Waals surface area contributed by atoms with E-state index in [0.717, 1.165) is 6.42 Å². The summed E-state index contributed by atoms with van der Waals surface area (Å²) >= 11 is 2.35. The van der Waals surface area contributed by atoms with Crippen LogP contribution in [-0.2, 0) is 6.42 Å². The molecule has 0 aliphatic heterocycles. The first kappa shape index (κ1) is 12.4. The highest BCUT2D eigenvalue weighted by atomic mass is 127. The van der Waals surface area contributed by atoms with Gasteiger partial charge >= 0.3 is 0 Å². The topological polar surface area (TPSA) is 26.0 Å². The Hall–Kier alpha value is -0.0900. The fraction of sp³-hybridized carbons (Fsp3) is 0.571. The number of hydrogen-bond acceptors (Lipinski definition) is 1. The van der Waals surface area contributed by atoms with E-state index in [9.17, 15) is 0 Å². The van der Waals surface area contributed by atoms with E-state index in [1.165, 1.54) is 47.7 Å². The maximum atomic E-state index is 6.53. The molecule has 0 atom stereocenters. The zero-order valence-corrected chi connectivity index (χ0v) is 11.9. The Kier molecular flexibility index (Phi) is 4.25. The first-order chi connectivity index (χ1) is 7.68. The quantitative estimate of drug-likeness (QED) is 0.647. The van der Waals surface area contributed by atoms with Gasteiger partial charge in [0.05, 0.1) is 0 Å². The zero-order valence-electron chi connectivity index (χ0n) is 9.71. The third-order valence-corrected chi connectivity index (χ3v) is 4.29. The molecule has 1 aliphatic rings. The number of benzene rings is 1. The highest BCUT2D eigenvalue weighted by Crippen LogP contribution is 2.28. The van der Waals surface area contributed by atoms with E-state index in [1.54, 1.807) is 0 Å². The fourth-order valence-electron chi connectivity index (χ4n) is 2.62. The van der Waals surface area contributed by atoms with Crippen molar-refractivity contribution in [2.24, 2.45) is 5.73 Å². The van der Waals surface area contributed by atoms with Crippen LogP contribution in [0.4, 0.5) is 0 Å². The molecule has 2 N–H and O–H groups in total. The molecule has 0 saturated heterocycles. The van der Waals surface area contributed by atoms with Crippen molar-refractivity contribution in [2.75, 3.05) is 0 Å². The number of rotatable bonds is 2. The van der Waals surface area contributed by atoms with E-state index >= 15 is 0 Å². The fourth-order valence-corrected chi connectivity index (χ4v) is 2.98. The van der Waals surface area contributed by atoms with Gasteiger partial charge in [-0.2, -0.15) is 0 Å². The molecule has 2 rings (SSSR count). The maximum Gasteiger partial charge on any atom is 0.0195 e. The molecule has 1 aromatic rings. The molecule has 2 heteroatoms. The summed E-state index contributed by atoms with van der Waals surface area (Å²) in [7, 11) is 0. The number of nitrogens with two attached hydrogens (primary N) is 1. The Balaban J connectivity index is 2.04. The molecule has 16 heavy (non-hydrogen) atoms. The minimum atomic E-state index is 0.0588. The van der Waals surface area contributed by atoms with Crippen LogP contribution in [0.25, 0.3) is 0 Å². The second-order valence-corrected chi connectivity index (χ2v) is 6.33. The molecule has 0 radical (unpaired) electrons. The molecule has 1 aromatic carbocycles. The third kappa shape index (κ3) is 3.45. The van der Waals surface area contributed by atoms with E-state index in [-0.39, 0.29) is 5.54 Å². The van der Waals surface area contributed by atoms with Gasteiger partial charge < -0.3 is 5.73 Å². The lowest BCUT2D eigenvalue weighted by atomic mass is 9.85. The molecule has 0 spiro atoms. The minimum Gasteiger partial charge on any atom is -0.325 e. The van der Waals surface area contributed by atoms with Gasteiger partial charge in [-0.3, -0.25) is 0 Å². The predicted molar refractivity (Wildman–Crippen MR) is 77.5 cm³/mol. The van der Waals surface area contributed by atoms with Crippen LogP contribution in [0.2, 0.25) is 0 Å². The Morgan fingerprint density at radius 3 is 2.12 bits per heavy atom. The minimum absolute atomic E-state index is 0.0588. The van der Waals surface area contributed by atoms with Crippen molar-refractivity contribution in [3.05, 3.63) is 33.4 Å². The molecule has 0 heterocycles. The van der Waals surface area contributed by atoms with Gasteiger partial charge in [0.15, 0.2) is 0 Å². The van der Waals surface area contributed by atoms with E-state index in [1.807, 2.05) is 0 Å². The largest absolute Gasteiger partial charge is 0.325 e. The van der Waals surface area contributed by atoms with E-state index in [4.69, 9.17) is 5.73 Å². The van der Waals surface area contributed by atoms with Crippen molar-refractivity contribution in [1.29, 1.82) is 0 Å². The maximum absolute atomic E-state index is 6.53. The van der Waals surface area contributed by atoms with Gasteiger partial charge in [-0.25, -0.2) is 0 Å². The Morgan fingerprint density at radius 2 is 1.56 bits per heavy atom. The standard InChI is InChI=1S/C14H20IN/c15-13-7-5-12(6-8-13)11-14(16)9-3-1-2-4-10-14/h5-8H,1-4,9-11,16H2. The van der Waals surface area contributed by atoms with Gasteiger partial charge in [-0.1, -0.05) is 37.8 Å². The molecule has 88 valence electrons. The average Bonchev–Trinajstić information content (AvgIpc) is 2.47. The Bertz CT molecular complexity index is 323. The lowest BCUT2D eigenvalue weighted by Crippen LogP contribution is -2.41. The van der Waals surface area contributed by atoms with Gasteiger partial charge in [-0.05, 0) is 59.5 Å². The smallest absolute Gasteiger partial charge is 0.0195 e. The van der Waals surface area contributed by atoms with E-state index in [0.29, 0.717) is 0 Å². The zero-order chi connectivity index (χ0) is 11.4. The summed E-state index contributed by atoms with van der Waals surface area (Å²) in [5.41, 5.74) is 7.98. The highest BCUT2D eigenvalue weighted by molar-refractivity contribution is 14.1. The Morgan fingerprint density at radius 1 is 1.00 bits per heavy atom. The second-order valence-electron chi connectivity index (χ2n) is 5.08. The summed E-state index contributed by atoms with van der Waals surface area (Å²) in [5, 5.41) is 0. The van der Waals surface area contributed by atoms with Crippen LogP contribution in [0, 0.1) is 3.57 Å².